The van der Waals surface area contributed by atoms with Crippen molar-refractivity contribution in [3.63, 3.8) is 0 Å². The summed E-state index contributed by atoms with van der Waals surface area (Å²) in [6.07, 6.45) is 1.48. The Balaban J connectivity index is 1.55. The lowest BCUT2D eigenvalue weighted by Crippen LogP contribution is -2.41. The van der Waals surface area contributed by atoms with Crippen LogP contribution in [0.15, 0.2) is 42.6 Å². The Kier molecular flexibility index (Phi) is 9.05. The highest BCUT2D eigenvalue weighted by atomic mass is 16.5. The minimum Gasteiger partial charge on any atom is -0.437 e. The van der Waals surface area contributed by atoms with E-state index in [0.717, 1.165) is 30.8 Å². The third-order valence-electron chi connectivity index (χ3n) is 5.94. The molecule has 1 aromatic heterocycles. The molecule has 10 heteroatoms. The van der Waals surface area contributed by atoms with Gasteiger partial charge in [0, 0.05) is 37.8 Å². The second-order valence-electron chi connectivity index (χ2n) is 8.84. The molecule has 1 aliphatic heterocycles. The Morgan fingerprint density at radius 3 is 2.44 bits per heavy atom. The van der Waals surface area contributed by atoms with Crippen LogP contribution in [-0.2, 0) is 9.53 Å². The third-order valence-corrected chi connectivity index (χ3v) is 5.94. The summed E-state index contributed by atoms with van der Waals surface area (Å²) in [4.78, 5) is 23.4. The van der Waals surface area contributed by atoms with Gasteiger partial charge in [-0.05, 0) is 67.3 Å². The summed E-state index contributed by atoms with van der Waals surface area (Å²) in [7, 11) is 0. The Bertz CT molecular complexity index is 1470. The number of rotatable bonds is 7. The fraction of sp³-hybridized carbons (Fsp3) is 0.276. The SMILES string of the molecule is Cc1cc(C#N)cc(C)c1Oc1nc(Nc2ccc(C#N)cc2)ncc1C#CC(=O)NCCN1CCOCC1. The monoisotopic (exact) mass is 521 g/mol. The summed E-state index contributed by atoms with van der Waals surface area (Å²) >= 11 is 0. The number of hydrogen-bond donors (Lipinski definition) is 2. The zero-order chi connectivity index (χ0) is 27.6. The maximum Gasteiger partial charge on any atom is 0.296 e. The van der Waals surface area contributed by atoms with E-state index in [1.807, 2.05) is 13.8 Å². The first kappa shape index (κ1) is 27.1. The molecule has 1 amide bonds. The molecule has 196 valence electrons. The molecular weight excluding hydrogens is 494 g/mol. The van der Waals surface area contributed by atoms with Crippen LogP contribution < -0.4 is 15.4 Å². The number of benzene rings is 2. The first-order valence-electron chi connectivity index (χ1n) is 12.4. The molecule has 0 unspecified atom stereocenters. The highest BCUT2D eigenvalue weighted by molar-refractivity contribution is 5.94. The number of carbonyl (C=O) groups is 1. The number of aryl methyl sites for hydroxylation is 2. The van der Waals surface area contributed by atoms with E-state index in [1.165, 1.54) is 6.20 Å². The van der Waals surface area contributed by atoms with Gasteiger partial charge in [-0.2, -0.15) is 15.5 Å². The van der Waals surface area contributed by atoms with E-state index in [0.29, 0.717) is 47.9 Å². The average Bonchev–Trinajstić information content (AvgIpc) is 2.95. The first-order valence-corrected chi connectivity index (χ1v) is 12.4. The number of morpholine rings is 1. The van der Waals surface area contributed by atoms with E-state index in [2.05, 4.69) is 49.5 Å². The van der Waals surface area contributed by atoms with Crippen LogP contribution >= 0.6 is 0 Å². The van der Waals surface area contributed by atoms with Crippen LogP contribution in [0, 0.1) is 48.4 Å². The quantitative estimate of drug-likeness (QED) is 0.449. The fourth-order valence-electron chi connectivity index (χ4n) is 3.94. The van der Waals surface area contributed by atoms with Gasteiger partial charge in [0.1, 0.15) is 11.3 Å². The molecule has 0 aliphatic carbocycles. The van der Waals surface area contributed by atoms with Crippen molar-refractivity contribution in [2.75, 3.05) is 44.7 Å². The average molecular weight is 522 g/mol. The molecule has 0 bridgehead atoms. The molecule has 39 heavy (non-hydrogen) atoms. The summed E-state index contributed by atoms with van der Waals surface area (Å²) in [5.41, 5.74) is 3.58. The smallest absolute Gasteiger partial charge is 0.296 e. The lowest BCUT2D eigenvalue weighted by Gasteiger charge is -2.26. The third kappa shape index (κ3) is 7.53. The lowest BCUT2D eigenvalue weighted by molar-refractivity contribution is -0.115. The molecule has 1 saturated heterocycles. The fourth-order valence-corrected chi connectivity index (χ4v) is 3.94. The van der Waals surface area contributed by atoms with Crippen molar-refractivity contribution in [1.29, 1.82) is 10.5 Å². The molecular formula is C29H27N7O3. The number of carbonyl (C=O) groups excluding carboxylic acids is 1. The highest BCUT2D eigenvalue weighted by Gasteiger charge is 2.14. The first-order chi connectivity index (χ1) is 18.9. The minimum absolute atomic E-state index is 0.158. The van der Waals surface area contributed by atoms with Gasteiger partial charge in [-0.25, -0.2) is 4.98 Å². The van der Waals surface area contributed by atoms with Gasteiger partial charge in [0.25, 0.3) is 5.91 Å². The number of hydrogen-bond acceptors (Lipinski definition) is 9. The maximum atomic E-state index is 12.4. The number of amides is 1. The molecule has 0 atom stereocenters. The predicted octanol–water partition coefficient (Wildman–Crippen LogP) is 3.17. The van der Waals surface area contributed by atoms with Crippen molar-refractivity contribution in [3.8, 4) is 35.6 Å². The van der Waals surface area contributed by atoms with Crippen LogP contribution in [0.3, 0.4) is 0 Å². The van der Waals surface area contributed by atoms with Crippen molar-refractivity contribution in [2.24, 2.45) is 0 Å². The number of nitrogens with zero attached hydrogens (tertiary/aromatic N) is 5. The van der Waals surface area contributed by atoms with Gasteiger partial charge in [0.2, 0.25) is 11.8 Å². The van der Waals surface area contributed by atoms with Gasteiger partial charge in [-0.15, -0.1) is 0 Å². The number of aromatic nitrogens is 2. The molecule has 2 N–H and O–H groups in total. The van der Waals surface area contributed by atoms with Crippen molar-refractivity contribution >= 4 is 17.5 Å². The van der Waals surface area contributed by atoms with E-state index in [9.17, 15) is 10.1 Å². The van der Waals surface area contributed by atoms with Crippen LogP contribution in [0.2, 0.25) is 0 Å². The molecule has 2 aromatic carbocycles. The minimum atomic E-state index is -0.417. The van der Waals surface area contributed by atoms with Crippen molar-refractivity contribution in [2.45, 2.75) is 13.8 Å². The maximum absolute atomic E-state index is 12.4. The van der Waals surface area contributed by atoms with Gasteiger partial charge in [-0.1, -0.05) is 0 Å². The zero-order valence-corrected chi connectivity index (χ0v) is 21.7. The second-order valence-corrected chi connectivity index (χ2v) is 8.84. The molecule has 10 nitrogen and oxygen atoms in total. The highest BCUT2D eigenvalue weighted by Crippen LogP contribution is 2.31. The van der Waals surface area contributed by atoms with Crippen molar-refractivity contribution < 1.29 is 14.3 Å². The predicted molar refractivity (Wildman–Crippen MR) is 144 cm³/mol. The van der Waals surface area contributed by atoms with E-state index >= 15 is 0 Å². The van der Waals surface area contributed by atoms with Crippen molar-refractivity contribution in [1.82, 2.24) is 20.2 Å². The molecule has 2 heterocycles. The summed E-state index contributed by atoms with van der Waals surface area (Å²) < 4.78 is 11.5. The number of nitrogens with one attached hydrogen (secondary N) is 2. The summed E-state index contributed by atoms with van der Waals surface area (Å²) in [5.74, 6) is 5.95. The summed E-state index contributed by atoms with van der Waals surface area (Å²) in [5, 5.41) is 24.2. The van der Waals surface area contributed by atoms with Crippen LogP contribution in [0.5, 0.6) is 11.6 Å². The van der Waals surface area contributed by atoms with E-state index in [1.54, 1.807) is 36.4 Å². The molecule has 3 aromatic rings. The van der Waals surface area contributed by atoms with Crippen LogP contribution in [-0.4, -0.2) is 60.2 Å². The summed E-state index contributed by atoms with van der Waals surface area (Å²) in [6, 6.07) is 14.5. The Morgan fingerprint density at radius 2 is 1.77 bits per heavy atom. The van der Waals surface area contributed by atoms with Gasteiger partial charge in [-0.3, -0.25) is 9.69 Å². The van der Waals surface area contributed by atoms with E-state index in [-0.39, 0.29) is 11.8 Å². The van der Waals surface area contributed by atoms with Crippen LogP contribution in [0.1, 0.15) is 27.8 Å². The van der Waals surface area contributed by atoms with Gasteiger partial charge in [0.05, 0.1) is 42.7 Å². The lowest BCUT2D eigenvalue weighted by atomic mass is 10.1. The number of nitriles is 2. The van der Waals surface area contributed by atoms with Gasteiger partial charge < -0.3 is 20.1 Å². The van der Waals surface area contributed by atoms with Gasteiger partial charge in [0.15, 0.2) is 0 Å². The van der Waals surface area contributed by atoms with Crippen LogP contribution in [0.4, 0.5) is 11.6 Å². The normalized spacial score (nSPS) is 12.8. The van der Waals surface area contributed by atoms with Gasteiger partial charge >= 0.3 is 0 Å². The molecule has 1 aliphatic rings. The molecule has 0 spiro atoms. The van der Waals surface area contributed by atoms with E-state index in [4.69, 9.17) is 14.7 Å². The Labute approximate surface area is 227 Å². The van der Waals surface area contributed by atoms with Crippen molar-refractivity contribution in [3.05, 3.63) is 70.4 Å². The topological polar surface area (TPSA) is 136 Å². The molecule has 1 fully saturated rings. The van der Waals surface area contributed by atoms with Crippen LogP contribution in [0.25, 0.3) is 0 Å². The zero-order valence-electron chi connectivity index (χ0n) is 21.7. The second kappa shape index (κ2) is 13.0. The standard InChI is InChI=1S/C29H27N7O3/c1-20-15-23(18-31)16-21(2)27(20)39-28-24(5-8-26(37)32-9-10-36-11-13-38-14-12-36)19-33-29(35-28)34-25-6-3-22(17-30)4-7-25/h3-4,6-7,15-16,19H,9-14H2,1-2H3,(H,32,37)(H,33,34,35). The molecule has 0 saturated carbocycles. The largest absolute Gasteiger partial charge is 0.437 e. The molecule has 0 radical (unpaired) electrons. The Morgan fingerprint density at radius 1 is 1.08 bits per heavy atom. The summed E-state index contributed by atoms with van der Waals surface area (Å²) in [6.45, 7) is 7.97. The number of ether oxygens (including phenoxy) is 2. The number of anilines is 2. The molecule has 4 rings (SSSR count). The van der Waals surface area contributed by atoms with E-state index < -0.39 is 5.91 Å². The Hall–Kier alpha value is -4.95.